The van der Waals surface area contributed by atoms with Crippen molar-refractivity contribution >= 4 is 23.4 Å². The molecule has 1 atom stereocenters. The first-order valence-electron chi connectivity index (χ1n) is 9.59. The van der Waals surface area contributed by atoms with E-state index in [0.717, 1.165) is 5.56 Å². The highest BCUT2D eigenvalue weighted by Crippen LogP contribution is 2.29. The van der Waals surface area contributed by atoms with Gasteiger partial charge in [0.2, 0.25) is 0 Å². The van der Waals surface area contributed by atoms with Crippen LogP contribution in [0.2, 0.25) is 0 Å². The number of hydrogen-bond acceptors (Lipinski definition) is 5. The maximum absolute atomic E-state index is 12.2. The topological polar surface area (TPSA) is 127 Å². The number of aromatic nitrogens is 1. The molecule has 29 heavy (non-hydrogen) atoms. The number of rotatable bonds is 5. The molecule has 8 heteroatoms. The van der Waals surface area contributed by atoms with Gasteiger partial charge >= 0.3 is 6.03 Å². The number of nitrogens with two attached hydrogens (primary N) is 1. The molecule has 0 bridgehead atoms. The van der Waals surface area contributed by atoms with Crippen LogP contribution in [0.4, 0.5) is 16.3 Å². The van der Waals surface area contributed by atoms with Gasteiger partial charge in [-0.25, -0.2) is 9.78 Å². The standard InChI is InChI=1S/C21H28N6O2/c1-13(14-7-5-4-6-8-14)25-20(28)26-18-9-17(22)16(10-24-18)19(23)27-11-15(12-27)21(2,3)29/h4-10,13,15,23,29H,11-12H2,1-3H3,(H4,22,24,25,26,28)/t13-/m1/s1. The minimum Gasteiger partial charge on any atom is -0.398 e. The second-order valence-electron chi connectivity index (χ2n) is 7.99. The molecule has 0 saturated carbocycles. The smallest absolute Gasteiger partial charge is 0.320 e. The number of likely N-dealkylation sites (tertiary alicyclic amines) is 1. The van der Waals surface area contributed by atoms with Gasteiger partial charge in [-0.05, 0) is 26.3 Å². The van der Waals surface area contributed by atoms with Crippen LogP contribution in [0.3, 0.4) is 0 Å². The predicted molar refractivity (Wildman–Crippen MR) is 114 cm³/mol. The van der Waals surface area contributed by atoms with Crippen molar-refractivity contribution in [2.45, 2.75) is 32.4 Å². The van der Waals surface area contributed by atoms with Crippen LogP contribution >= 0.6 is 0 Å². The molecule has 3 rings (SSSR count). The molecule has 0 unspecified atom stereocenters. The van der Waals surface area contributed by atoms with Crippen molar-refractivity contribution in [3.8, 4) is 0 Å². The van der Waals surface area contributed by atoms with Crippen molar-refractivity contribution in [2.75, 3.05) is 24.1 Å². The Balaban J connectivity index is 1.58. The van der Waals surface area contributed by atoms with Crippen molar-refractivity contribution < 1.29 is 9.90 Å². The number of nitrogens with one attached hydrogen (secondary N) is 3. The molecule has 1 aromatic heterocycles. The van der Waals surface area contributed by atoms with E-state index in [0.29, 0.717) is 30.2 Å². The van der Waals surface area contributed by atoms with Crippen LogP contribution in [0.1, 0.15) is 37.9 Å². The molecule has 6 N–H and O–H groups in total. The number of amidine groups is 1. The summed E-state index contributed by atoms with van der Waals surface area (Å²) >= 11 is 0. The summed E-state index contributed by atoms with van der Waals surface area (Å²) in [4.78, 5) is 18.3. The number of carbonyl (C=O) groups excluding carboxylic acids is 1. The summed E-state index contributed by atoms with van der Waals surface area (Å²) in [6.07, 6.45) is 1.49. The lowest BCUT2D eigenvalue weighted by molar-refractivity contribution is -0.0384. The van der Waals surface area contributed by atoms with Gasteiger partial charge < -0.3 is 21.1 Å². The zero-order valence-electron chi connectivity index (χ0n) is 16.9. The monoisotopic (exact) mass is 396 g/mol. The Morgan fingerprint density at radius 1 is 1.34 bits per heavy atom. The van der Waals surface area contributed by atoms with E-state index in [9.17, 15) is 9.90 Å². The average Bonchev–Trinajstić information content (AvgIpc) is 2.59. The largest absolute Gasteiger partial charge is 0.398 e. The van der Waals surface area contributed by atoms with E-state index in [-0.39, 0.29) is 23.8 Å². The fourth-order valence-corrected chi connectivity index (χ4v) is 3.19. The summed E-state index contributed by atoms with van der Waals surface area (Å²) in [5.74, 6) is 0.701. The normalized spacial score (nSPS) is 15.4. The Hall–Kier alpha value is -3.13. The lowest BCUT2D eigenvalue weighted by atomic mass is 9.84. The fourth-order valence-electron chi connectivity index (χ4n) is 3.19. The number of benzene rings is 1. The lowest BCUT2D eigenvalue weighted by Crippen LogP contribution is -2.57. The molecule has 1 aliphatic rings. The van der Waals surface area contributed by atoms with Gasteiger partial charge in [0, 0.05) is 37.0 Å². The first kappa shape index (κ1) is 20.6. The number of amides is 2. The summed E-state index contributed by atoms with van der Waals surface area (Å²) in [6, 6.07) is 10.7. The van der Waals surface area contributed by atoms with E-state index in [1.165, 1.54) is 6.20 Å². The van der Waals surface area contributed by atoms with Crippen molar-refractivity contribution in [2.24, 2.45) is 5.92 Å². The Bertz CT molecular complexity index is 888. The van der Waals surface area contributed by atoms with E-state index in [1.54, 1.807) is 19.9 Å². The third kappa shape index (κ3) is 4.83. The zero-order valence-corrected chi connectivity index (χ0v) is 16.9. The number of anilines is 2. The summed E-state index contributed by atoms with van der Waals surface area (Å²) in [7, 11) is 0. The van der Waals surface area contributed by atoms with Crippen molar-refractivity contribution in [3.63, 3.8) is 0 Å². The highest BCUT2D eigenvalue weighted by Gasteiger charge is 2.39. The third-order valence-electron chi connectivity index (χ3n) is 5.28. The van der Waals surface area contributed by atoms with Gasteiger partial charge in [-0.15, -0.1) is 0 Å². The molecule has 1 fully saturated rings. The average molecular weight is 396 g/mol. The molecule has 0 spiro atoms. The molecule has 1 saturated heterocycles. The van der Waals surface area contributed by atoms with Crippen LogP contribution < -0.4 is 16.4 Å². The second kappa shape index (κ2) is 8.08. The Kier molecular flexibility index (Phi) is 5.74. The Morgan fingerprint density at radius 3 is 2.59 bits per heavy atom. The minimum absolute atomic E-state index is 0.119. The van der Waals surface area contributed by atoms with Crippen molar-refractivity contribution in [1.82, 2.24) is 15.2 Å². The van der Waals surface area contributed by atoms with Crippen LogP contribution in [0.5, 0.6) is 0 Å². The van der Waals surface area contributed by atoms with Crippen LogP contribution in [-0.4, -0.2) is 45.5 Å². The summed E-state index contributed by atoms with van der Waals surface area (Å²) in [5.41, 5.74) is 7.20. The van der Waals surface area contributed by atoms with Gasteiger partial charge in [-0.3, -0.25) is 10.7 Å². The van der Waals surface area contributed by atoms with Gasteiger partial charge in [0.1, 0.15) is 11.7 Å². The van der Waals surface area contributed by atoms with Gasteiger partial charge in [0.05, 0.1) is 17.2 Å². The Labute approximate surface area is 170 Å². The quantitative estimate of drug-likeness (QED) is 0.392. The molecule has 2 amide bonds. The number of nitrogens with zero attached hydrogens (tertiary/aromatic N) is 2. The van der Waals surface area contributed by atoms with E-state index in [4.69, 9.17) is 11.1 Å². The molecule has 0 aliphatic carbocycles. The van der Waals surface area contributed by atoms with E-state index in [1.807, 2.05) is 42.2 Å². The second-order valence-corrected chi connectivity index (χ2v) is 7.99. The Morgan fingerprint density at radius 2 is 2.00 bits per heavy atom. The van der Waals surface area contributed by atoms with E-state index < -0.39 is 5.60 Å². The molecular weight excluding hydrogens is 368 g/mol. The summed E-state index contributed by atoms with van der Waals surface area (Å²) in [6.45, 7) is 6.65. The molecule has 1 aromatic carbocycles. The van der Waals surface area contributed by atoms with Gasteiger partial charge in [0.15, 0.2) is 0 Å². The minimum atomic E-state index is -0.765. The van der Waals surface area contributed by atoms with Gasteiger partial charge in [-0.1, -0.05) is 30.3 Å². The SMILES string of the molecule is C[C@@H](NC(=O)Nc1cc(N)c(C(=N)N2CC(C(C)(C)O)C2)cn1)c1ccccc1. The molecular formula is C21H28N6O2. The van der Waals surface area contributed by atoms with Crippen LogP contribution in [0.15, 0.2) is 42.6 Å². The van der Waals surface area contributed by atoms with E-state index in [2.05, 4.69) is 15.6 Å². The molecule has 2 heterocycles. The highest BCUT2D eigenvalue weighted by atomic mass is 16.3. The summed E-state index contributed by atoms with van der Waals surface area (Å²) < 4.78 is 0. The third-order valence-corrected chi connectivity index (χ3v) is 5.28. The molecule has 2 aromatic rings. The van der Waals surface area contributed by atoms with Crippen molar-refractivity contribution in [3.05, 3.63) is 53.7 Å². The number of pyridine rings is 1. The molecule has 154 valence electrons. The maximum Gasteiger partial charge on any atom is 0.320 e. The highest BCUT2D eigenvalue weighted by molar-refractivity contribution is 6.02. The molecule has 8 nitrogen and oxygen atoms in total. The number of aliphatic hydroxyl groups is 1. The summed E-state index contributed by atoms with van der Waals surface area (Å²) in [5, 5.41) is 23.9. The van der Waals surface area contributed by atoms with Crippen LogP contribution in [-0.2, 0) is 0 Å². The number of hydrogen-bond donors (Lipinski definition) is 5. The zero-order chi connectivity index (χ0) is 21.2. The first-order valence-corrected chi connectivity index (χ1v) is 9.59. The predicted octanol–water partition coefficient (Wildman–Crippen LogP) is 2.57. The lowest BCUT2D eigenvalue weighted by Gasteiger charge is -2.46. The first-order chi connectivity index (χ1) is 13.6. The fraction of sp³-hybridized carbons (Fsp3) is 0.381. The van der Waals surface area contributed by atoms with Crippen LogP contribution in [0, 0.1) is 11.3 Å². The van der Waals surface area contributed by atoms with Crippen molar-refractivity contribution in [1.29, 1.82) is 5.41 Å². The maximum atomic E-state index is 12.2. The number of urea groups is 1. The molecule has 0 radical (unpaired) electrons. The van der Waals surface area contributed by atoms with E-state index >= 15 is 0 Å². The van der Waals surface area contributed by atoms with Gasteiger partial charge in [0.25, 0.3) is 0 Å². The van der Waals surface area contributed by atoms with Crippen LogP contribution in [0.25, 0.3) is 0 Å². The molecule has 1 aliphatic heterocycles. The van der Waals surface area contributed by atoms with Gasteiger partial charge in [-0.2, -0.15) is 0 Å². The number of carbonyl (C=O) groups is 1. The number of nitrogen functional groups attached to an aromatic ring is 1.